The molecule has 1 aliphatic heterocycles. The number of nitrogens with zero attached hydrogens (tertiary/aromatic N) is 2. The van der Waals surface area contributed by atoms with Crippen LogP contribution in [0.15, 0.2) is 12.3 Å². The van der Waals surface area contributed by atoms with E-state index in [9.17, 15) is 4.79 Å². The lowest BCUT2D eigenvalue weighted by Gasteiger charge is -2.14. The highest BCUT2D eigenvalue weighted by atomic mass is 35.5. The Morgan fingerprint density at radius 1 is 1.60 bits per heavy atom. The van der Waals surface area contributed by atoms with Crippen LogP contribution < -0.4 is 10.6 Å². The molecule has 0 aromatic carbocycles. The van der Waals surface area contributed by atoms with Crippen molar-refractivity contribution >= 4 is 23.3 Å². The van der Waals surface area contributed by atoms with Gasteiger partial charge in [0.15, 0.2) is 0 Å². The van der Waals surface area contributed by atoms with Crippen LogP contribution in [0.25, 0.3) is 0 Å². The third kappa shape index (κ3) is 3.61. The fourth-order valence-corrected chi connectivity index (χ4v) is 2.71. The van der Waals surface area contributed by atoms with Gasteiger partial charge in [0.25, 0.3) is 5.91 Å². The fourth-order valence-electron chi connectivity index (χ4n) is 2.45. The Kier molecular flexibility index (Phi) is 5.20. The number of carbonyl (C=O) groups excluding carboxylic acids is 1. The molecular weight excluding hydrogens is 276 g/mol. The molecule has 2 N–H and O–H groups in total. The van der Waals surface area contributed by atoms with Gasteiger partial charge < -0.3 is 15.5 Å². The number of rotatable bonds is 5. The van der Waals surface area contributed by atoms with Crippen molar-refractivity contribution < 1.29 is 4.79 Å². The summed E-state index contributed by atoms with van der Waals surface area (Å²) in [5.74, 6) is 1.01. The molecule has 1 unspecified atom stereocenters. The molecule has 0 spiro atoms. The lowest BCUT2D eigenvalue weighted by molar-refractivity contribution is 0.0947. The zero-order valence-electron chi connectivity index (χ0n) is 11.9. The summed E-state index contributed by atoms with van der Waals surface area (Å²) in [5.41, 5.74) is 0.499. The van der Waals surface area contributed by atoms with Crippen LogP contribution in [0.4, 0.5) is 5.82 Å². The maximum absolute atomic E-state index is 12.1. The lowest BCUT2D eigenvalue weighted by Crippen LogP contribution is -2.31. The molecule has 1 amide bonds. The molecule has 1 saturated heterocycles. The molecule has 5 nitrogen and oxygen atoms in total. The topological polar surface area (TPSA) is 57.3 Å². The number of nitrogens with one attached hydrogen (secondary N) is 2. The van der Waals surface area contributed by atoms with Gasteiger partial charge in [-0.05, 0) is 31.5 Å². The summed E-state index contributed by atoms with van der Waals surface area (Å²) < 4.78 is 0. The van der Waals surface area contributed by atoms with Gasteiger partial charge in [-0.15, -0.1) is 0 Å². The number of hydrogen-bond acceptors (Lipinski definition) is 4. The average Bonchev–Trinajstić information content (AvgIpc) is 2.92. The van der Waals surface area contributed by atoms with Crippen LogP contribution in [0.5, 0.6) is 0 Å². The van der Waals surface area contributed by atoms with Gasteiger partial charge in [-0.2, -0.15) is 0 Å². The highest BCUT2D eigenvalue weighted by molar-refractivity contribution is 6.33. The van der Waals surface area contributed by atoms with Crippen LogP contribution in [0, 0.1) is 5.92 Å². The van der Waals surface area contributed by atoms with E-state index in [1.807, 2.05) is 0 Å². The van der Waals surface area contributed by atoms with Gasteiger partial charge in [-0.25, -0.2) is 4.98 Å². The van der Waals surface area contributed by atoms with Crippen molar-refractivity contribution in [2.75, 3.05) is 38.5 Å². The predicted octanol–water partition coefficient (Wildman–Crippen LogP) is 1.85. The van der Waals surface area contributed by atoms with Crippen molar-refractivity contribution in [3.8, 4) is 0 Å². The first kappa shape index (κ1) is 15.1. The van der Waals surface area contributed by atoms with Gasteiger partial charge in [-0.3, -0.25) is 4.79 Å². The van der Waals surface area contributed by atoms with Crippen LogP contribution in [-0.4, -0.2) is 49.0 Å². The summed E-state index contributed by atoms with van der Waals surface area (Å²) in [6.45, 7) is 6.14. The monoisotopic (exact) mass is 296 g/mol. The van der Waals surface area contributed by atoms with E-state index in [1.165, 1.54) is 0 Å². The zero-order valence-corrected chi connectivity index (χ0v) is 12.7. The summed E-state index contributed by atoms with van der Waals surface area (Å²) in [6.07, 6.45) is 2.69. The van der Waals surface area contributed by atoms with Crippen molar-refractivity contribution in [2.24, 2.45) is 5.92 Å². The first-order valence-corrected chi connectivity index (χ1v) is 7.35. The van der Waals surface area contributed by atoms with E-state index in [4.69, 9.17) is 11.6 Å². The first-order valence-electron chi connectivity index (χ1n) is 6.98. The Hall–Kier alpha value is -1.33. The molecule has 20 heavy (non-hydrogen) atoms. The summed E-state index contributed by atoms with van der Waals surface area (Å²) in [7, 11) is 1.74. The molecule has 1 aromatic heterocycles. The fraction of sp³-hybridized carbons (Fsp3) is 0.571. The highest BCUT2D eigenvalue weighted by Crippen LogP contribution is 2.19. The number of aromatic nitrogens is 1. The molecule has 1 aromatic rings. The number of anilines is 1. The first-order chi connectivity index (χ1) is 9.63. The van der Waals surface area contributed by atoms with Gasteiger partial charge in [0.1, 0.15) is 5.82 Å². The standard InChI is InChI=1S/C14H21ClN4O/c1-3-19-5-4-10(9-19)7-18-14(20)11-6-12(15)13(16-2)17-8-11/h6,8,10H,3-5,7,9H2,1-2H3,(H,16,17)(H,18,20). The largest absolute Gasteiger partial charge is 0.372 e. The number of amides is 1. The van der Waals surface area contributed by atoms with Crippen LogP contribution in [-0.2, 0) is 0 Å². The van der Waals surface area contributed by atoms with Gasteiger partial charge in [0.05, 0.1) is 10.6 Å². The second-order valence-corrected chi connectivity index (χ2v) is 5.47. The molecule has 2 heterocycles. The third-order valence-corrected chi connectivity index (χ3v) is 4.00. The second-order valence-electron chi connectivity index (χ2n) is 5.06. The normalized spacial score (nSPS) is 19.1. The van der Waals surface area contributed by atoms with Crippen LogP contribution in [0.1, 0.15) is 23.7 Å². The molecule has 0 saturated carbocycles. The Labute approximate surface area is 124 Å². The number of pyridine rings is 1. The maximum Gasteiger partial charge on any atom is 0.252 e. The molecule has 0 bridgehead atoms. The van der Waals surface area contributed by atoms with Gasteiger partial charge in [0, 0.05) is 26.3 Å². The minimum atomic E-state index is -0.114. The van der Waals surface area contributed by atoms with E-state index < -0.39 is 0 Å². The predicted molar refractivity (Wildman–Crippen MR) is 81.3 cm³/mol. The number of carbonyl (C=O) groups is 1. The van der Waals surface area contributed by atoms with Crippen molar-refractivity contribution in [2.45, 2.75) is 13.3 Å². The van der Waals surface area contributed by atoms with Crippen molar-refractivity contribution in [1.29, 1.82) is 0 Å². The molecule has 110 valence electrons. The average molecular weight is 297 g/mol. The van der Waals surface area contributed by atoms with Crippen molar-refractivity contribution in [3.63, 3.8) is 0 Å². The molecule has 2 rings (SSSR count). The summed E-state index contributed by atoms with van der Waals surface area (Å²) in [4.78, 5) is 18.6. The molecule has 0 aliphatic carbocycles. The van der Waals surface area contributed by atoms with Gasteiger partial charge in [0.2, 0.25) is 0 Å². The van der Waals surface area contributed by atoms with E-state index in [1.54, 1.807) is 19.3 Å². The Bertz CT molecular complexity index is 480. The molecule has 0 radical (unpaired) electrons. The maximum atomic E-state index is 12.1. The van der Waals surface area contributed by atoms with Crippen LogP contribution in [0.3, 0.4) is 0 Å². The smallest absolute Gasteiger partial charge is 0.252 e. The minimum absolute atomic E-state index is 0.114. The van der Waals surface area contributed by atoms with E-state index in [0.29, 0.717) is 28.9 Å². The van der Waals surface area contributed by atoms with E-state index >= 15 is 0 Å². The molecule has 1 aliphatic rings. The van der Waals surface area contributed by atoms with Crippen molar-refractivity contribution in [1.82, 2.24) is 15.2 Å². The number of halogens is 1. The molecular formula is C14H21ClN4O. The quantitative estimate of drug-likeness (QED) is 0.871. The molecule has 6 heteroatoms. The molecule has 1 fully saturated rings. The number of hydrogen-bond donors (Lipinski definition) is 2. The number of likely N-dealkylation sites (tertiary alicyclic amines) is 1. The van der Waals surface area contributed by atoms with Crippen LogP contribution >= 0.6 is 11.6 Å². The van der Waals surface area contributed by atoms with E-state index in [-0.39, 0.29) is 5.91 Å². The zero-order chi connectivity index (χ0) is 14.5. The van der Waals surface area contributed by atoms with Crippen molar-refractivity contribution in [3.05, 3.63) is 22.8 Å². The second kappa shape index (κ2) is 6.90. The Morgan fingerprint density at radius 2 is 2.40 bits per heavy atom. The van der Waals surface area contributed by atoms with E-state index in [0.717, 1.165) is 26.1 Å². The minimum Gasteiger partial charge on any atom is -0.372 e. The third-order valence-electron chi connectivity index (χ3n) is 3.71. The van der Waals surface area contributed by atoms with Gasteiger partial charge in [-0.1, -0.05) is 18.5 Å². The molecule has 1 atom stereocenters. The van der Waals surface area contributed by atoms with E-state index in [2.05, 4.69) is 27.4 Å². The van der Waals surface area contributed by atoms with Crippen LogP contribution in [0.2, 0.25) is 5.02 Å². The van der Waals surface area contributed by atoms with Gasteiger partial charge >= 0.3 is 0 Å². The lowest BCUT2D eigenvalue weighted by atomic mass is 10.1. The summed E-state index contributed by atoms with van der Waals surface area (Å²) >= 11 is 6.03. The summed E-state index contributed by atoms with van der Waals surface area (Å²) in [5, 5.41) is 6.29. The Morgan fingerprint density at radius 3 is 3.00 bits per heavy atom. The summed E-state index contributed by atoms with van der Waals surface area (Å²) in [6, 6.07) is 1.64. The Balaban J connectivity index is 1.87. The SMILES string of the molecule is CCN1CCC(CNC(=O)c2cnc(NC)c(Cl)c2)C1. The highest BCUT2D eigenvalue weighted by Gasteiger charge is 2.21.